The smallest absolute Gasteiger partial charge is 0.322 e. The predicted octanol–water partition coefficient (Wildman–Crippen LogP) is 3.84. The van der Waals surface area contributed by atoms with Crippen molar-refractivity contribution in [1.82, 2.24) is 15.3 Å². The maximum absolute atomic E-state index is 5.63. The SMILES string of the molecule is Cc1nc(Oc2ccc(Br)cc2)ncc1CNC(C)C. The van der Waals surface area contributed by atoms with E-state index in [-0.39, 0.29) is 0 Å². The molecule has 2 rings (SSSR count). The molecule has 0 radical (unpaired) electrons. The van der Waals surface area contributed by atoms with Gasteiger partial charge in [0.1, 0.15) is 5.75 Å². The molecule has 0 amide bonds. The molecule has 1 aromatic heterocycles. The van der Waals surface area contributed by atoms with Crippen LogP contribution < -0.4 is 10.1 Å². The molecule has 20 heavy (non-hydrogen) atoms. The van der Waals surface area contributed by atoms with Crippen molar-refractivity contribution in [3.63, 3.8) is 0 Å². The lowest BCUT2D eigenvalue weighted by Crippen LogP contribution is -2.22. The second-order valence-electron chi connectivity index (χ2n) is 4.85. The van der Waals surface area contributed by atoms with Crippen molar-refractivity contribution in [2.24, 2.45) is 0 Å². The molecule has 0 atom stereocenters. The first-order chi connectivity index (χ1) is 9.54. The van der Waals surface area contributed by atoms with E-state index in [1.54, 1.807) is 0 Å². The third-order valence-corrected chi connectivity index (χ3v) is 3.31. The lowest BCUT2D eigenvalue weighted by Gasteiger charge is -2.10. The number of halogens is 1. The molecule has 1 heterocycles. The zero-order valence-corrected chi connectivity index (χ0v) is 13.4. The van der Waals surface area contributed by atoms with E-state index in [0.717, 1.165) is 28.0 Å². The summed E-state index contributed by atoms with van der Waals surface area (Å²) in [6.07, 6.45) is 1.81. The van der Waals surface area contributed by atoms with Crippen LogP contribution in [0.2, 0.25) is 0 Å². The fourth-order valence-corrected chi connectivity index (χ4v) is 1.88. The Kier molecular flexibility index (Phi) is 5.09. The Morgan fingerprint density at radius 2 is 1.95 bits per heavy atom. The van der Waals surface area contributed by atoms with Crippen LogP contribution in [0.15, 0.2) is 34.9 Å². The molecule has 0 unspecified atom stereocenters. The normalized spacial score (nSPS) is 10.8. The van der Waals surface area contributed by atoms with E-state index in [1.165, 1.54) is 0 Å². The number of hydrogen-bond acceptors (Lipinski definition) is 4. The van der Waals surface area contributed by atoms with E-state index < -0.39 is 0 Å². The number of rotatable bonds is 5. The minimum Gasteiger partial charge on any atom is -0.424 e. The van der Waals surface area contributed by atoms with Gasteiger partial charge in [-0.1, -0.05) is 29.8 Å². The predicted molar refractivity (Wildman–Crippen MR) is 83.0 cm³/mol. The molecule has 1 aromatic carbocycles. The highest BCUT2D eigenvalue weighted by atomic mass is 79.9. The van der Waals surface area contributed by atoms with Crippen molar-refractivity contribution in [3.8, 4) is 11.8 Å². The molecule has 0 saturated heterocycles. The Hall–Kier alpha value is -1.46. The van der Waals surface area contributed by atoms with Crippen LogP contribution in [0.1, 0.15) is 25.1 Å². The van der Waals surface area contributed by atoms with E-state index in [9.17, 15) is 0 Å². The van der Waals surface area contributed by atoms with Crippen LogP contribution in [-0.4, -0.2) is 16.0 Å². The van der Waals surface area contributed by atoms with Gasteiger partial charge in [-0.2, -0.15) is 4.98 Å². The molecule has 0 aliphatic carbocycles. The van der Waals surface area contributed by atoms with Gasteiger partial charge in [-0.15, -0.1) is 0 Å². The molecule has 106 valence electrons. The molecule has 1 N–H and O–H groups in total. The summed E-state index contributed by atoms with van der Waals surface area (Å²) in [6, 6.07) is 8.39. The molecule has 5 heteroatoms. The Labute approximate surface area is 127 Å². The zero-order chi connectivity index (χ0) is 14.5. The standard InChI is InChI=1S/C15H18BrN3O/c1-10(2)17-8-12-9-18-15(19-11(12)3)20-14-6-4-13(16)5-7-14/h4-7,9-10,17H,8H2,1-3H3. The van der Waals surface area contributed by atoms with Crippen molar-refractivity contribution in [1.29, 1.82) is 0 Å². The maximum Gasteiger partial charge on any atom is 0.322 e. The molecule has 2 aromatic rings. The summed E-state index contributed by atoms with van der Waals surface area (Å²) in [7, 11) is 0. The average molecular weight is 336 g/mol. The Morgan fingerprint density at radius 3 is 2.55 bits per heavy atom. The Bertz CT molecular complexity index is 570. The number of nitrogens with one attached hydrogen (secondary N) is 1. The quantitative estimate of drug-likeness (QED) is 0.901. The minimum atomic E-state index is 0.373. The van der Waals surface area contributed by atoms with Crippen molar-refractivity contribution in [3.05, 3.63) is 46.2 Å². The first-order valence-corrected chi connectivity index (χ1v) is 7.33. The topological polar surface area (TPSA) is 47.0 Å². The minimum absolute atomic E-state index is 0.373. The second-order valence-corrected chi connectivity index (χ2v) is 5.77. The van der Waals surface area contributed by atoms with E-state index in [2.05, 4.69) is 45.1 Å². The van der Waals surface area contributed by atoms with Crippen molar-refractivity contribution in [2.45, 2.75) is 33.4 Å². The molecule has 0 aliphatic heterocycles. The van der Waals surface area contributed by atoms with Gasteiger partial charge in [0.05, 0.1) is 0 Å². The molecule has 4 nitrogen and oxygen atoms in total. The molecular weight excluding hydrogens is 318 g/mol. The highest BCUT2D eigenvalue weighted by molar-refractivity contribution is 9.10. The fourth-order valence-electron chi connectivity index (χ4n) is 1.62. The first kappa shape index (κ1) is 14.9. The average Bonchev–Trinajstić information content (AvgIpc) is 2.40. The van der Waals surface area contributed by atoms with Gasteiger partial charge in [-0.05, 0) is 31.2 Å². The molecule has 0 aliphatic rings. The van der Waals surface area contributed by atoms with Crippen LogP contribution in [0.3, 0.4) is 0 Å². The summed E-state index contributed by atoms with van der Waals surface area (Å²) < 4.78 is 6.64. The molecule has 0 fully saturated rings. The molecule has 0 bridgehead atoms. The lowest BCUT2D eigenvalue weighted by molar-refractivity contribution is 0.438. The Morgan fingerprint density at radius 1 is 1.25 bits per heavy atom. The van der Waals surface area contributed by atoms with Gasteiger partial charge in [-0.3, -0.25) is 0 Å². The number of aryl methyl sites for hydroxylation is 1. The Balaban J connectivity index is 2.06. The number of nitrogens with zero attached hydrogens (tertiary/aromatic N) is 2. The number of hydrogen-bond donors (Lipinski definition) is 1. The second kappa shape index (κ2) is 6.81. The summed E-state index contributed by atoms with van der Waals surface area (Å²) in [6.45, 7) is 6.96. The summed E-state index contributed by atoms with van der Waals surface area (Å²) >= 11 is 3.39. The summed E-state index contributed by atoms with van der Waals surface area (Å²) in [5.41, 5.74) is 2.02. The molecular formula is C15H18BrN3O. The number of aromatic nitrogens is 2. The number of benzene rings is 1. The highest BCUT2D eigenvalue weighted by Crippen LogP contribution is 2.21. The first-order valence-electron chi connectivity index (χ1n) is 6.54. The van der Waals surface area contributed by atoms with Crippen molar-refractivity contribution in [2.75, 3.05) is 0 Å². The van der Waals surface area contributed by atoms with Gasteiger partial charge in [0.2, 0.25) is 0 Å². The van der Waals surface area contributed by atoms with Crippen LogP contribution >= 0.6 is 15.9 Å². The van der Waals surface area contributed by atoms with Crippen molar-refractivity contribution >= 4 is 15.9 Å². The van der Waals surface area contributed by atoms with E-state index in [0.29, 0.717) is 12.1 Å². The van der Waals surface area contributed by atoms with Crippen LogP contribution in [0.4, 0.5) is 0 Å². The third kappa shape index (κ3) is 4.28. The van der Waals surface area contributed by atoms with Crippen LogP contribution in [0.25, 0.3) is 0 Å². The van der Waals surface area contributed by atoms with Gasteiger partial charge in [0, 0.05) is 34.5 Å². The third-order valence-electron chi connectivity index (χ3n) is 2.78. The summed E-state index contributed by atoms with van der Waals surface area (Å²) in [5.74, 6) is 0.723. The number of ether oxygens (including phenoxy) is 1. The molecule has 0 spiro atoms. The largest absolute Gasteiger partial charge is 0.424 e. The van der Waals surface area contributed by atoms with Crippen LogP contribution in [0, 0.1) is 6.92 Å². The van der Waals surface area contributed by atoms with Crippen molar-refractivity contribution < 1.29 is 4.74 Å². The highest BCUT2D eigenvalue weighted by Gasteiger charge is 2.06. The van der Waals surface area contributed by atoms with E-state index in [1.807, 2.05) is 37.4 Å². The van der Waals surface area contributed by atoms with E-state index in [4.69, 9.17) is 4.74 Å². The van der Waals surface area contributed by atoms with Gasteiger partial charge in [-0.25, -0.2) is 4.98 Å². The lowest BCUT2D eigenvalue weighted by atomic mass is 10.2. The van der Waals surface area contributed by atoms with Crippen LogP contribution in [-0.2, 0) is 6.54 Å². The maximum atomic E-state index is 5.63. The van der Waals surface area contributed by atoms with Gasteiger partial charge in [0.25, 0.3) is 0 Å². The monoisotopic (exact) mass is 335 g/mol. The van der Waals surface area contributed by atoms with Gasteiger partial charge < -0.3 is 10.1 Å². The fraction of sp³-hybridized carbons (Fsp3) is 0.333. The summed E-state index contributed by atoms with van der Waals surface area (Å²) in [4.78, 5) is 8.63. The van der Waals surface area contributed by atoms with Crippen LogP contribution in [0.5, 0.6) is 11.8 Å². The summed E-state index contributed by atoms with van der Waals surface area (Å²) in [5, 5.41) is 3.35. The van der Waals surface area contributed by atoms with Gasteiger partial charge in [0.15, 0.2) is 0 Å². The molecule has 0 saturated carbocycles. The zero-order valence-electron chi connectivity index (χ0n) is 11.9. The van der Waals surface area contributed by atoms with E-state index >= 15 is 0 Å². The van der Waals surface area contributed by atoms with Gasteiger partial charge >= 0.3 is 6.01 Å².